The molecule has 5 rings (SSSR count). The van der Waals surface area contributed by atoms with Gasteiger partial charge in [0.15, 0.2) is 5.76 Å². The molecule has 0 aliphatic carbocycles. The van der Waals surface area contributed by atoms with Crippen LogP contribution in [0.5, 0.6) is 0 Å². The highest BCUT2D eigenvalue weighted by Crippen LogP contribution is 2.26. The van der Waals surface area contributed by atoms with Crippen molar-refractivity contribution in [1.29, 1.82) is 0 Å². The van der Waals surface area contributed by atoms with Gasteiger partial charge in [-0.25, -0.2) is 4.98 Å². The Morgan fingerprint density at radius 1 is 1.06 bits per heavy atom. The largest absolute Gasteiger partial charge is 0.459 e. The van der Waals surface area contributed by atoms with Crippen molar-refractivity contribution >= 4 is 11.8 Å². The zero-order valence-corrected chi connectivity index (χ0v) is 18.2. The molecular weight excluding hydrogens is 416 g/mol. The number of hydrogen-bond acceptors (Lipinski definition) is 4. The van der Waals surface area contributed by atoms with E-state index < -0.39 is 6.04 Å². The Morgan fingerprint density at radius 2 is 1.85 bits per heavy atom. The number of aromatic nitrogens is 2. The van der Waals surface area contributed by atoms with Crippen LogP contribution in [-0.2, 0) is 17.8 Å². The Hall–Kier alpha value is -4.13. The van der Waals surface area contributed by atoms with Crippen molar-refractivity contribution in [2.45, 2.75) is 32.0 Å². The van der Waals surface area contributed by atoms with Crippen LogP contribution in [0, 0.1) is 0 Å². The van der Waals surface area contributed by atoms with Crippen LogP contribution in [0.1, 0.15) is 40.2 Å². The first-order chi connectivity index (χ1) is 16.1. The molecule has 2 aromatic carbocycles. The van der Waals surface area contributed by atoms with Gasteiger partial charge in [-0.05, 0) is 47.9 Å². The first-order valence-electron chi connectivity index (χ1n) is 10.9. The van der Waals surface area contributed by atoms with E-state index in [0.717, 1.165) is 22.4 Å². The Kier molecular flexibility index (Phi) is 5.52. The molecule has 7 nitrogen and oxygen atoms in total. The molecule has 0 bridgehead atoms. The van der Waals surface area contributed by atoms with E-state index in [9.17, 15) is 9.59 Å². The Bertz CT molecular complexity index is 1250. The van der Waals surface area contributed by atoms with Crippen LogP contribution in [0.2, 0.25) is 0 Å². The first-order valence-corrected chi connectivity index (χ1v) is 10.9. The SMILES string of the molecule is C[C@H](NC(=O)[C@H]1Cc2ccccc2CN1C(=O)c1ccco1)c1ccc(-n2ccnc2)cc1. The van der Waals surface area contributed by atoms with Crippen molar-refractivity contribution in [2.24, 2.45) is 0 Å². The standard InChI is InChI=1S/C26H24N4O3/c1-18(19-8-10-22(11-9-19)29-13-12-27-17-29)28-25(31)23-15-20-5-2-3-6-21(20)16-30(23)26(32)24-7-4-14-33-24/h2-14,17-18,23H,15-16H2,1H3,(H,28,31)/t18-,23+/m0/s1. The van der Waals surface area contributed by atoms with Crippen molar-refractivity contribution in [2.75, 3.05) is 0 Å². The van der Waals surface area contributed by atoms with Crippen molar-refractivity contribution in [3.8, 4) is 5.69 Å². The normalized spacial score (nSPS) is 16.2. The summed E-state index contributed by atoms with van der Waals surface area (Å²) in [5, 5.41) is 3.10. The number of carbonyl (C=O) groups excluding carboxylic acids is 2. The Labute approximate surface area is 191 Å². The van der Waals surface area contributed by atoms with E-state index in [-0.39, 0.29) is 23.6 Å². The smallest absolute Gasteiger partial charge is 0.290 e. The lowest BCUT2D eigenvalue weighted by Crippen LogP contribution is -2.52. The summed E-state index contributed by atoms with van der Waals surface area (Å²) in [6.45, 7) is 2.31. The van der Waals surface area contributed by atoms with E-state index in [1.165, 1.54) is 6.26 Å². The van der Waals surface area contributed by atoms with Crippen LogP contribution < -0.4 is 5.32 Å². The van der Waals surface area contributed by atoms with Gasteiger partial charge in [0, 0.05) is 31.0 Å². The molecular formula is C26H24N4O3. The van der Waals surface area contributed by atoms with Gasteiger partial charge in [-0.1, -0.05) is 36.4 Å². The molecule has 0 fully saturated rings. The molecule has 4 aromatic rings. The van der Waals surface area contributed by atoms with Gasteiger partial charge in [-0.2, -0.15) is 0 Å². The number of amides is 2. The topological polar surface area (TPSA) is 80.4 Å². The minimum Gasteiger partial charge on any atom is -0.459 e. The minimum absolute atomic E-state index is 0.185. The summed E-state index contributed by atoms with van der Waals surface area (Å²) in [6, 6.07) is 18.3. The average molecular weight is 441 g/mol. The molecule has 7 heteroatoms. The fourth-order valence-corrected chi connectivity index (χ4v) is 4.25. The van der Waals surface area contributed by atoms with E-state index in [4.69, 9.17) is 4.42 Å². The lowest BCUT2D eigenvalue weighted by atomic mass is 9.93. The number of benzene rings is 2. The van der Waals surface area contributed by atoms with Gasteiger partial charge < -0.3 is 19.2 Å². The highest BCUT2D eigenvalue weighted by molar-refractivity contribution is 5.96. The molecule has 0 radical (unpaired) electrons. The molecule has 0 saturated heterocycles. The first kappa shape index (κ1) is 20.8. The number of carbonyl (C=O) groups is 2. The summed E-state index contributed by atoms with van der Waals surface area (Å²) in [7, 11) is 0. The second-order valence-electron chi connectivity index (χ2n) is 8.19. The van der Waals surface area contributed by atoms with Crippen LogP contribution in [0.25, 0.3) is 5.69 Å². The van der Waals surface area contributed by atoms with Crippen LogP contribution in [-0.4, -0.2) is 32.3 Å². The molecule has 0 unspecified atom stereocenters. The third kappa shape index (κ3) is 4.17. The molecule has 2 atom stereocenters. The predicted molar refractivity (Wildman–Crippen MR) is 123 cm³/mol. The third-order valence-corrected chi connectivity index (χ3v) is 6.10. The highest BCUT2D eigenvalue weighted by Gasteiger charge is 2.36. The molecule has 1 aliphatic heterocycles. The number of nitrogens with one attached hydrogen (secondary N) is 1. The highest BCUT2D eigenvalue weighted by atomic mass is 16.3. The average Bonchev–Trinajstić information content (AvgIpc) is 3.57. The van der Waals surface area contributed by atoms with Crippen molar-refractivity contribution < 1.29 is 14.0 Å². The maximum atomic E-state index is 13.4. The van der Waals surface area contributed by atoms with E-state index in [1.54, 1.807) is 29.6 Å². The van der Waals surface area contributed by atoms with Gasteiger partial charge in [-0.15, -0.1) is 0 Å². The maximum absolute atomic E-state index is 13.4. The Morgan fingerprint density at radius 3 is 2.55 bits per heavy atom. The summed E-state index contributed by atoms with van der Waals surface area (Å²) in [4.78, 5) is 32.2. The zero-order chi connectivity index (χ0) is 22.8. The van der Waals surface area contributed by atoms with E-state index in [1.807, 2.05) is 66.2 Å². The minimum atomic E-state index is -0.620. The van der Waals surface area contributed by atoms with Crippen LogP contribution in [0.3, 0.4) is 0 Å². The molecule has 33 heavy (non-hydrogen) atoms. The number of rotatable bonds is 5. The fraction of sp³-hybridized carbons (Fsp3) is 0.192. The summed E-state index contributed by atoms with van der Waals surface area (Å²) in [6.07, 6.45) is 7.28. The van der Waals surface area contributed by atoms with Gasteiger partial charge in [0.2, 0.25) is 5.91 Å². The monoisotopic (exact) mass is 440 g/mol. The molecule has 1 aliphatic rings. The molecule has 1 N–H and O–H groups in total. The zero-order valence-electron chi connectivity index (χ0n) is 18.2. The van der Waals surface area contributed by atoms with Gasteiger partial charge in [0.05, 0.1) is 18.6 Å². The molecule has 2 amide bonds. The van der Waals surface area contributed by atoms with E-state index in [0.29, 0.717) is 13.0 Å². The van der Waals surface area contributed by atoms with Crippen LogP contribution in [0.4, 0.5) is 0 Å². The molecule has 3 heterocycles. The predicted octanol–water partition coefficient (Wildman–Crippen LogP) is 3.91. The number of nitrogens with zero attached hydrogens (tertiary/aromatic N) is 3. The van der Waals surface area contributed by atoms with Crippen molar-refractivity contribution in [3.63, 3.8) is 0 Å². The number of hydrogen-bond donors (Lipinski definition) is 1. The third-order valence-electron chi connectivity index (χ3n) is 6.10. The Balaban J connectivity index is 1.35. The summed E-state index contributed by atoms with van der Waals surface area (Å²) in [5.41, 5.74) is 4.10. The quantitative estimate of drug-likeness (QED) is 0.510. The van der Waals surface area contributed by atoms with Gasteiger partial charge in [0.1, 0.15) is 6.04 Å². The summed E-state index contributed by atoms with van der Waals surface area (Å²) < 4.78 is 7.25. The lowest BCUT2D eigenvalue weighted by molar-refractivity contribution is -0.126. The van der Waals surface area contributed by atoms with Crippen LogP contribution in [0.15, 0.2) is 90.1 Å². The van der Waals surface area contributed by atoms with Gasteiger partial charge >= 0.3 is 0 Å². The number of fused-ring (bicyclic) bond motifs is 1. The number of imidazole rings is 1. The van der Waals surface area contributed by atoms with E-state index >= 15 is 0 Å². The maximum Gasteiger partial charge on any atom is 0.290 e. The second-order valence-corrected chi connectivity index (χ2v) is 8.19. The summed E-state index contributed by atoms with van der Waals surface area (Å²) >= 11 is 0. The molecule has 0 saturated carbocycles. The van der Waals surface area contributed by atoms with Crippen LogP contribution >= 0.6 is 0 Å². The molecule has 2 aromatic heterocycles. The van der Waals surface area contributed by atoms with Gasteiger partial charge in [0.25, 0.3) is 5.91 Å². The molecule has 166 valence electrons. The fourth-order valence-electron chi connectivity index (χ4n) is 4.25. The van der Waals surface area contributed by atoms with Crippen molar-refractivity contribution in [3.05, 3.63) is 108 Å². The summed E-state index contributed by atoms with van der Waals surface area (Å²) in [5.74, 6) is -0.238. The second kappa shape index (κ2) is 8.78. The number of furan rings is 1. The van der Waals surface area contributed by atoms with Gasteiger partial charge in [-0.3, -0.25) is 9.59 Å². The lowest BCUT2D eigenvalue weighted by Gasteiger charge is -2.36. The van der Waals surface area contributed by atoms with E-state index in [2.05, 4.69) is 10.3 Å². The van der Waals surface area contributed by atoms with Crippen molar-refractivity contribution in [1.82, 2.24) is 19.8 Å². The molecule has 0 spiro atoms.